The Hall–Kier alpha value is -1.12. The zero-order valence-electron chi connectivity index (χ0n) is 7.84. The van der Waals surface area contributed by atoms with Gasteiger partial charge in [0.1, 0.15) is 5.78 Å². The molecule has 0 aromatic carbocycles. The minimum atomic E-state index is 0.210. The molecule has 70 valence electrons. The Labute approximate surface area is 77.5 Å². The topological polar surface area (TPSA) is 45.8 Å². The van der Waals surface area contributed by atoms with Gasteiger partial charge in [-0.15, -0.1) is 0 Å². The Kier molecular flexibility index (Phi) is 2.17. The van der Waals surface area contributed by atoms with Crippen molar-refractivity contribution < 1.29 is 4.79 Å². The first-order chi connectivity index (χ1) is 6.27. The summed E-state index contributed by atoms with van der Waals surface area (Å²) in [6, 6.07) is 0. The Morgan fingerprint density at radius 2 is 2.46 bits per heavy atom. The molecule has 1 saturated carbocycles. The standard InChI is InChI=1S/C10H14N2O/c1-7(13)5-9-6-11-12-10(9)8-3-2-4-8/h6,8H,2-5H2,1H3,(H,11,12). The molecule has 0 amide bonds. The molecule has 0 saturated heterocycles. The monoisotopic (exact) mass is 178 g/mol. The molecule has 0 unspecified atom stereocenters. The van der Waals surface area contributed by atoms with Gasteiger partial charge in [-0.05, 0) is 19.8 Å². The highest BCUT2D eigenvalue weighted by Crippen LogP contribution is 2.36. The van der Waals surface area contributed by atoms with E-state index < -0.39 is 0 Å². The zero-order chi connectivity index (χ0) is 9.26. The van der Waals surface area contributed by atoms with E-state index in [1.54, 1.807) is 13.1 Å². The summed E-state index contributed by atoms with van der Waals surface area (Å²) in [7, 11) is 0. The van der Waals surface area contributed by atoms with Gasteiger partial charge in [0, 0.05) is 23.6 Å². The van der Waals surface area contributed by atoms with E-state index in [1.165, 1.54) is 25.0 Å². The van der Waals surface area contributed by atoms with Crippen molar-refractivity contribution in [3.05, 3.63) is 17.5 Å². The summed E-state index contributed by atoms with van der Waals surface area (Å²) >= 11 is 0. The summed E-state index contributed by atoms with van der Waals surface area (Å²) in [5.74, 6) is 0.846. The summed E-state index contributed by atoms with van der Waals surface area (Å²) in [4.78, 5) is 11.0. The number of ketones is 1. The molecular formula is C10H14N2O. The van der Waals surface area contributed by atoms with E-state index in [4.69, 9.17) is 0 Å². The lowest BCUT2D eigenvalue weighted by Gasteiger charge is -2.24. The average Bonchev–Trinajstić information content (AvgIpc) is 2.32. The second-order valence-electron chi connectivity index (χ2n) is 3.82. The van der Waals surface area contributed by atoms with Crippen LogP contribution in [-0.2, 0) is 11.2 Å². The Balaban J connectivity index is 2.14. The molecule has 3 heteroatoms. The molecule has 0 atom stereocenters. The third kappa shape index (κ3) is 1.64. The third-order valence-corrected chi connectivity index (χ3v) is 2.70. The number of nitrogens with one attached hydrogen (secondary N) is 1. The van der Waals surface area contributed by atoms with Crippen LogP contribution in [-0.4, -0.2) is 16.0 Å². The molecule has 3 nitrogen and oxygen atoms in total. The van der Waals surface area contributed by atoms with E-state index in [0.717, 1.165) is 5.56 Å². The van der Waals surface area contributed by atoms with Crippen LogP contribution in [0.4, 0.5) is 0 Å². The highest BCUT2D eigenvalue weighted by molar-refractivity contribution is 5.78. The number of aromatic amines is 1. The molecule has 1 aliphatic carbocycles. The number of Topliss-reactive ketones (excluding diaryl/α,β-unsaturated/α-hetero) is 1. The van der Waals surface area contributed by atoms with Gasteiger partial charge >= 0.3 is 0 Å². The van der Waals surface area contributed by atoms with E-state index in [2.05, 4.69) is 10.2 Å². The summed E-state index contributed by atoms with van der Waals surface area (Å²) in [6.45, 7) is 1.62. The Morgan fingerprint density at radius 1 is 1.69 bits per heavy atom. The first kappa shape index (κ1) is 8.48. The van der Waals surface area contributed by atoms with Crippen molar-refractivity contribution in [1.82, 2.24) is 10.2 Å². The largest absolute Gasteiger partial charge is 0.300 e. The lowest BCUT2D eigenvalue weighted by molar-refractivity contribution is -0.116. The maximum absolute atomic E-state index is 11.0. The molecule has 1 fully saturated rings. The quantitative estimate of drug-likeness (QED) is 0.767. The molecule has 0 radical (unpaired) electrons. The van der Waals surface area contributed by atoms with Crippen molar-refractivity contribution in [2.24, 2.45) is 0 Å². The van der Waals surface area contributed by atoms with Gasteiger partial charge in [0.2, 0.25) is 0 Å². The van der Waals surface area contributed by atoms with Crippen molar-refractivity contribution in [3.63, 3.8) is 0 Å². The minimum Gasteiger partial charge on any atom is -0.300 e. The summed E-state index contributed by atoms with van der Waals surface area (Å²) in [5.41, 5.74) is 2.29. The van der Waals surface area contributed by atoms with Crippen LogP contribution in [0.2, 0.25) is 0 Å². The average molecular weight is 178 g/mol. The number of H-pyrrole nitrogens is 1. The van der Waals surface area contributed by atoms with Crippen LogP contribution in [0.15, 0.2) is 6.20 Å². The smallest absolute Gasteiger partial charge is 0.134 e. The molecule has 0 aliphatic heterocycles. The second kappa shape index (κ2) is 3.32. The molecule has 0 spiro atoms. The van der Waals surface area contributed by atoms with Crippen LogP contribution in [0.3, 0.4) is 0 Å². The van der Waals surface area contributed by atoms with Gasteiger partial charge in [0.05, 0.1) is 6.20 Å². The fraction of sp³-hybridized carbons (Fsp3) is 0.600. The van der Waals surface area contributed by atoms with Gasteiger partial charge in [-0.25, -0.2) is 0 Å². The van der Waals surface area contributed by atoms with Gasteiger partial charge in [-0.1, -0.05) is 6.42 Å². The van der Waals surface area contributed by atoms with Crippen LogP contribution in [0, 0.1) is 0 Å². The van der Waals surface area contributed by atoms with E-state index in [-0.39, 0.29) is 5.78 Å². The molecule has 2 rings (SSSR count). The molecule has 1 aliphatic rings. The SMILES string of the molecule is CC(=O)Cc1cn[nH]c1C1CCC1. The number of carbonyl (C=O) groups is 1. The Bertz CT molecular complexity index is 312. The maximum atomic E-state index is 11.0. The normalized spacial score (nSPS) is 17.0. The van der Waals surface area contributed by atoms with Crippen molar-refractivity contribution in [3.8, 4) is 0 Å². The van der Waals surface area contributed by atoms with Gasteiger partial charge < -0.3 is 0 Å². The molecule has 1 aromatic heterocycles. The molecule has 1 aromatic rings. The van der Waals surface area contributed by atoms with Crippen molar-refractivity contribution in [2.45, 2.75) is 38.5 Å². The third-order valence-electron chi connectivity index (χ3n) is 2.70. The summed E-state index contributed by atoms with van der Waals surface area (Å²) in [6.07, 6.45) is 6.11. The fourth-order valence-electron chi connectivity index (χ4n) is 1.78. The lowest BCUT2D eigenvalue weighted by Crippen LogP contribution is -2.12. The van der Waals surface area contributed by atoms with E-state index in [9.17, 15) is 4.79 Å². The van der Waals surface area contributed by atoms with Crippen LogP contribution >= 0.6 is 0 Å². The molecule has 1 heterocycles. The first-order valence-electron chi connectivity index (χ1n) is 4.79. The highest BCUT2D eigenvalue weighted by Gasteiger charge is 2.23. The van der Waals surface area contributed by atoms with Gasteiger partial charge in [-0.2, -0.15) is 5.10 Å². The summed E-state index contributed by atoms with van der Waals surface area (Å²) < 4.78 is 0. The predicted octanol–water partition coefficient (Wildman–Crippen LogP) is 1.81. The number of hydrogen-bond donors (Lipinski definition) is 1. The van der Waals surface area contributed by atoms with Crippen LogP contribution < -0.4 is 0 Å². The van der Waals surface area contributed by atoms with Gasteiger partial charge in [-0.3, -0.25) is 9.89 Å². The van der Waals surface area contributed by atoms with E-state index in [0.29, 0.717) is 12.3 Å². The zero-order valence-corrected chi connectivity index (χ0v) is 7.84. The number of carbonyl (C=O) groups excluding carboxylic acids is 1. The van der Waals surface area contributed by atoms with Crippen molar-refractivity contribution >= 4 is 5.78 Å². The van der Waals surface area contributed by atoms with E-state index >= 15 is 0 Å². The molecular weight excluding hydrogens is 164 g/mol. The number of aromatic nitrogens is 2. The number of hydrogen-bond acceptors (Lipinski definition) is 2. The van der Waals surface area contributed by atoms with E-state index in [1.807, 2.05) is 0 Å². The summed E-state index contributed by atoms with van der Waals surface area (Å²) in [5, 5.41) is 7.01. The van der Waals surface area contributed by atoms with Gasteiger partial charge in [0.15, 0.2) is 0 Å². The molecule has 0 bridgehead atoms. The Morgan fingerprint density at radius 3 is 3.00 bits per heavy atom. The predicted molar refractivity (Wildman–Crippen MR) is 49.6 cm³/mol. The van der Waals surface area contributed by atoms with Crippen LogP contribution in [0.1, 0.15) is 43.4 Å². The maximum Gasteiger partial charge on any atom is 0.134 e. The number of rotatable bonds is 3. The van der Waals surface area contributed by atoms with Crippen molar-refractivity contribution in [2.75, 3.05) is 0 Å². The second-order valence-corrected chi connectivity index (χ2v) is 3.82. The molecule has 13 heavy (non-hydrogen) atoms. The number of nitrogens with zero attached hydrogens (tertiary/aromatic N) is 1. The van der Waals surface area contributed by atoms with Crippen LogP contribution in [0.25, 0.3) is 0 Å². The first-order valence-corrected chi connectivity index (χ1v) is 4.79. The van der Waals surface area contributed by atoms with Crippen molar-refractivity contribution in [1.29, 1.82) is 0 Å². The molecule has 1 N–H and O–H groups in total. The highest BCUT2D eigenvalue weighted by atomic mass is 16.1. The lowest BCUT2D eigenvalue weighted by atomic mass is 9.81. The van der Waals surface area contributed by atoms with Gasteiger partial charge in [0.25, 0.3) is 0 Å². The fourth-order valence-corrected chi connectivity index (χ4v) is 1.78. The van der Waals surface area contributed by atoms with Crippen LogP contribution in [0.5, 0.6) is 0 Å². The minimum absolute atomic E-state index is 0.210.